The quantitative estimate of drug-likeness (QED) is 0.147. The molecule has 0 heterocycles. The van der Waals surface area contributed by atoms with Gasteiger partial charge in [-0.25, -0.2) is 0 Å². The molecule has 232 valence electrons. The molecule has 2 amide bonds. The smallest absolute Gasteiger partial charge is 0.267 e. The molecule has 0 bridgehead atoms. The Morgan fingerprint density at radius 1 is 0.692 bits per heavy atom. The van der Waals surface area contributed by atoms with E-state index in [-0.39, 0.29) is 43.3 Å². The van der Waals surface area contributed by atoms with E-state index < -0.39 is 54.7 Å². The largest absolute Gasteiger partial charge is 0.355 e. The summed E-state index contributed by atoms with van der Waals surface area (Å²) in [6.45, 7) is 15.0. The van der Waals surface area contributed by atoms with Gasteiger partial charge in [-0.05, 0) is 41.9 Å². The SMILES string of the molecule is CC(C)[C@H](N)C(=O)NCCC(C)(C)COS(=O)(=O)CCCS(=O)(=O)OCC(C)(C)CCNC(=O)[C@@H](N)C(C)C. The minimum atomic E-state index is -3.96. The second-order valence-electron chi connectivity index (χ2n) is 12.4. The molecule has 0 aliphatic heterocycles. The van der Waals surface area contributed by atoms with Gasteiger partial charge in [-0.15, -0.1) is 0 Å². The van der Waals surface area contributed by atoms with Gasteiger partial charge in [0.1, 0.15) is 0 Å². The maximum atomic E-state index is 12.3. The van der Waals surface area contributed by atoms with Gasteiger partial charge in [-0.3, -0.25) is 18.0 Å². The Balaban J connectivity index is 4.47. The molecule has 0 saturated carbocycles. The molecule has 0 aromatic rings. The molecule has 0 aromatic heterocycles. The van der Waals surface area contributed by atoms with E-state index in [1.807, 2.05) is 27.7 Å². The molecule has 0 aromatic carbocycles. The average molecular weight is 601 g/mol. The predicted octanol–water partition coefficient (Wildman–Crippen LogP) is 1.10. The molecule has 0 fully saturated rings. The second-order valence-corrected chi connectivity index (χ2v) is 15.9. The zero-order valence-electron chi connectivity index (χ0n) is 24.9. The Kier molecular flexibility index (Phi) is 15.7. The molecule has 6 N–H and O–H groups in total. The highest BCUT2D eigenvalue weighted by Crippen LogP contribution is 2.23. The Labute approximate surface area is 235 Å². The van der Waals surface area contributed by atoms with Gasteiger partial charge in [-0.2, -0.15) is 16.8 Å². The molecule has 0 aliphatic carbocycles. The Bertz CT molecular complexity index is 902. The van der Waals surface area contributed by atoms with Gasteiger partial charge >= 0.3 is 0 Å². The number of carbonyl (C=O) groups is 2. The van der Waals surface area contributed by atoms with E-state index in [1.54, 1.807) is 27.7 Å². The number of hydrogen-bond acceptors (Lipinski definition) is 10. The topological polar surface area (TPSA) is 197 Å². The standard InChI is InChI=1S/C25H52N4O8S2/c1-18(2)20(26)22(30)28-12-10-24(5,6)16-36-38(32,33)14-9-15-39(34,35)37-17-25(7,8)11-13-29-23(31)21(27)19(3)4/h18-21H,9-17,26-27H2,1-8H3,(H,28,30)(H,29,31)/t20-,21-/m0/s1. The average Bonchev–Trinajstić information content (AvgIpc) is 2.80. The first-order chi connectivity index (χ1) is 17.6. The number of nitrogens with one attached hydrogen (secondary N) is 2. The van der Waals surface area contributed by atoms with E-state index in [4.69, 9.17) is 19.8 Å². The summed E-state index contributed by atoms with van der Waals surface area (Å²) in [4.78, 5) is 23.9. The summed E-state index contributed by atoms with van der Waals surface area (Å²) in [5.74, 6) is -1.48. The van der Waals surface area contributed by atoms with Gasteiger partial charge in [0, 0.05) is 13.1 Å². The monoisotopic (exact) mass is 600 g/mol. The van der Waals surface area contributed by atoms with Crippen LogP contribution in [0.2, 0.25) is 0 Å². The van der Waals surface area contributed by atoms with Gasteiger partial charge < -0.3 is 22.1 Å². The second kappa shape index (κ2) is 16.2. The summed E-state index contributed by atoms with van der Waals surface area (Å²) < 4.78 is 59.4. The van der Waals surface area contributed by atoms with Crippen molar-refractivity contribution in [2.45, 2.75) is 86.7 Å². The van der Waals surface area contributed by atoms with Crippen LogP contribution in [0, 0.1) is 22.7 Å². The Morgan fingerprint density at radius 2 is 1.00 bits per heavy atom. The van der Waals surface area contributed by atoms with Crippen molar-refractivity contribution in [3.05, 3.63) is 0 Å². The minimum Gasteiger partial charge on any atom is -0.355 e. The maximum absolute atomic E-state index is 12.3. The van der Waals surface area contributed by atoms with Crippen LogP contribution in [0.25, 0.3) is 0 Å². The molecule has 0 saturated heterocycles. The van der Waals surface area contributed by atoms with Crippen molar-refractivity contribution in [1.29, 1.82) is 0 Å². The fraction of sp³-hybridized carbons (Fsp3) is 0.920. The van der Waals surface area contributed by atoms with Gasteiger partial charge in [0.2, 0.25) is 11.8 Å². The van der Waals surface area contributed by atoms with Crippen LogP contribution in [0.4, 0.5) is 0 Å². The third-order valence-corrected chi connectivity index (χ3v) is 8.82. The highest BCUT2D eigenvalue weighted by atomic mass is 32.2. The third-order valence-electron chi connectivity index (χ3n) is 6.29. The lowest BCUT2D eigenvalue weighted by atomic mass is 9.90. The summed E-state index contributed by atoms with van der Waals surface area (Å²) in [7, 11) is -7.92. The van der Waals surface area contributed by atoms with Gasteiger partial charge in [-0.1, -0.05) is 55.4 Å². The first kappa shape index (κ1) is 37.7. The van der Waals surface area contributed by atoms with E-state index in [1.165, 1.54) is 0 Å². The minimum absolute atomic E-state index is 0.000719. The molecular weight excluding hydrogens is 548 g/mol. The van der Waals surface area contributed by atoms with Crippen molar-refractivity contribution in [3.63, 3.8) is 0 Å². The van der Waals surface area contributed by atoms with Crippen molar-refractivity contribution >= 4 is 32.1 Å². The number of hydrogen-bond donors (Lipinski definition) is 4. The molecule has 0 radical (unpaired) electrons. The van der Waals surface area contributed by atoms with Crippen LogP contribution in [0.5, 0.6) is 0 Å². The van der Waals surface area contributed by atoms with E-state index in [2.05, 4.69) is 10.6 Å². The van der Waals surface area contributed by atoms with Crippen molar-refractivity contribution in [1.82, 2.24) is 10.6 Å². The van der Waals surface area contributed by atoms with Crippen LogP contribution < -0.4 is 22.1 Å². The van der Waals surface area contributed by atoms with E-state index in [9.17, 15) is 26.4 Å². The van der Waals surface area contributed by atoms with Gasteiger partial charge in [0.05, 0.1) is 36.8 Å². The molecule has 0 rings (SSSR count). The number of nitrogens with two attached hydrogens (primary N) is 2. The molecule has 14 heteroatoms. The fourth-order valence-corrected chi connectivity index (χ4v) is 5.47. The lowest BCUT2D eigenvalue weighted by Gasteiger charge is -2.25. The van der Waals surface area contributed by atoms with Crippen LogP contribution in [0.1, 0.15) is 74.7 Å². The first-order valence-corrected chi connectivity index (χ1v) is 16.6. The summed E-state index contributed by atoms with van der Waals surface area (Å²) in [6, 6.07) is -1.23. The molecule has 12 nitrogen and oxygen atoms in total. The number of rotatable bonds is 20. The van der Waals surface area contributed by atoms with Crippen molar-refractivity contribution in [2.75, 3.05) is 37.8 Å². The number of amides is 2. The predicted molar refractivity (Wildman–Crippen MR) is 153 cm³/mol. The van der Waals surface area contributed by atoms with Crippen LogP contribution in [0.3, 0.4) is 0 Å². The Hall–Kier alpha value is -1.32. The molecule has 0 spiro atoms. The third kappa shape index (κ3) is 17.2. The zero-order chi connectivity index (χ0) is 30.7. The lowest BCUT2D eigenvalue weighted by Crippen LogP contribution is -2.44. The molecule has 0 unspecified atom stereocenters. The van der Waals surface area contributed by atoms with E-state index >= 15 is 0 Å². The summed E-state index contributed by atoms with van der Waals surface area (Å²) in [5, 5.41) is 5.48. The Morgan fingerprint density at radius 3 is 1.28 bits per heavy atom. The van der Waals surface area contributed by atoms with Crippen LogP contribution >= 0.6 is 0 Å². The first-order valence-electron chi connectivity index (χ1n) is 13.4. The lowest BCUT2D eigenvalue weighted by molar-refractivity contribution is -0.124. The van der Waals surface area contributed by atoms with Crippen molar-refractivity contribution in [3.8, 4) is 0 Å². The van der Waals surface area contributed by atoms with Gasteiger partial charge in [0.15, 0.2) is 0 Å². The fourth-order valence-electron chi connectivity index (χ4n) is 3.06. The molecular formula is C25H52N4O8S2. The highest BCUT2D eigenvalue weighted by Gasteiger charge is 2.26. The number of carbonyl (C=O) groups excluding carboxylic acids is 2. The molecule has 0 aliphatic rings. The van der Waals surface area contributed by atoms with Crippen LogP contribution in [-0.2, 0) is 38.2 Å². The van der Waals surface area contributed by atoms with Crippen LogP contribution in [0.15, 0.2) is 0 Å². The van der Waals surface area contributed by atoms with Gasteiger partial charge in [0.25, 0.3) is 20.2 Å². The van der Waals surface area contributed by atoms with Crippen molar-refractivity contribution < 1.29 is 34.8 Å². The summed E-state index contributed by atoms with van der Waals surface area (Å²) in [6.07, 6.45) is 0.744. The van der Waals surface area contributed by atoms with Crippen molar-refractivity contribution in [2.24, 2.45) is 34.1 Å². The molecule has 2 atom stereocenters. The summed E-state index contributed by atoms with van der Waals surface area (Å²) >= 11 is 0. The zero-order valence-corrected chi connectivity index (χ0v) is 26.5. The van der Waals surface area contributed by atoms with E-state index in [0.717, 1.165) is 0 Å². The molecule has 39 heavy (non-hydrogen) atoms. The summed E-state index contributed by atoms with van der Waals surface area (Å²) in [5.41, 5.74) is 10.5. The maximum Gasteiger partial charge on any atom is 0.267 e. The normalized spacial score (nSPS) is 14.9. The van der Waals surface area contributed by atoms with E-state index in [0.29, 0.717) is 25.9 Å². The van der Waals surface area contributed by atoms with Crippen LogP contribution in [-0.4, -0.2) is 78.5 Å². The highest BCUT2D eigenvalue weighted by molar-refractivity contribution is 7.87.